The van der Waals surface area contributed by atoms with Crippen molar-refractivity contribution in [3.05, 3.63) is 23.4 Å². The lowest BCUT2D eigenvalue weighted by Gasteiger charge is -2.04. The second-order valence-corrected chi connectivity index (χ2v) is 4.53. The molecule has 0 aliphatic heterocycles. The minimum absolute atomic E-state index is 0.354. The molecule has 1 aliphatic carbocycles. The van der Waals surface area contributed by atoms with Gasteiger partial charge in [0.2, 0.25) is 0 Å². The molecule has 2 rings (SSSR count). The van der Waals surface area contributed by atoms with Gasteiger partial charge in [0.15, 0.2) is 0 Å². The summed E-state index contributed by atoms with van der Waals surface area (Å²) in [5, 5.41) is 8.70. The number of nitriles is 1. The summed E-state index contributed by atoms with van der Waals surface area (Å²) < 4.78 is 0. The molecule has 0 saturated heterocycles. The Labute approximate surface area is 83.6 Å². The molecule has 0 aromatic carbocycles. The highest BCUT2D eigenvalue weighted by molar-refractivity contribution is 5.49. The van der Waals surface area contributed by atoms with Crippen molar-refractivity contribution < 1.29 is 0 Å². The van der Waals surface area contributed by atoms with Gasteiger partial charge in [-0.2, -0.15) is 5.26 Å². The Hall–Kier alpha value is -1.56. The number of hydrogen-bond donors (Lipinski definition) is 1. The zero-order valence-corrected chi connectivity index (χ0v) is 8.41. The van der Waals surface area contributed by atoms with Crippen LogP contribution in [0.4, 0.5) is 5.82 Å². The molecule has 1 aromatic rings. The topological polar surface area (TPSA) is 62.7 Å². The third-order valence-corrected chi connectivity index (χ3v) is 2.94. The number of pyridine rings is 1. The molecule has 1 atom stereocenters. The van der Waals surface area contributed by atoms with Gasteiger partial charge in [0.05, 0.1) is 5.56 Å². The average Bonchev–Trinajstić information content (AvgIpc) is 2.75. The van der Waals surface area contributed by atoms with Crippen LogP contribution in [-0.2, 0) is 0 Å². The number of aromatic nitrogens is 1. The van der Waals surface area contributed by atoms with E-state index in [0.29, 0.717) is 22.7 Å². The normalized spacial score (nSPS) is 22.8. The minimum atomic E-state index is 0.354. The van der Waals surface area contributed by atoms with Gasteiger partial charge in [0, 0.05) is 11.6 Å². The van der Waals surface area contributed by atoms with Crippen molar-refractivity contribution in [2.45, 2.75) is 26.2 Å². The molecular weight excluding hydrogens is 174 g/mol. The van der Waals surface area contributed by atoms with Gasteiger partial charge in [0.25, 0.3) is 0 Å². The first-order valence-electron chi connectivity index (χ1n) is 4.71. The van der Waals surface area contributed by atoms with E-state index in [1.54, 1.807) is 6.07 Å². The summed E-state index contributed by atoms with van der Waals surface area (Å²) >= 11 is 0. The van der Waals surface area contributed by atoms with Crippen LogP contribution in [0.5, 0.6) is 0 Å². The molecule has 0 bridgehead atoms. The molecular formula is C11H13N3. The van der Waals surface area contributed by atoms with E-state index in [-0.39, 0.29) is 0 Å². The Balaban J connectivity index is 2.32. The molecule has 0 spiro atoms. The minimum Gasteiger partial charge on any atom is -0.383 e. The smallest absolute Gasteiger partial charge is 0.141 e. The van der Waals surface area contributed by atoms with E-state index in [4.69, 9.17) is 11.0 Å². The van der Waals surface area contributed by atoms with Crippen LogP contribution in [0, 0.1) is 16.7 Å². The highest BCUT2D eigenvalue weighted by Gasteiger charge is 2.47. The Morgan fingerprint density at radius 2 is 2.21 bits per heavy atom. The molecule has 2 N–H and O–H groups in total. The maximum atomic E-state index is 8.70. The summed E-state index contributed by atoms with van der Waals surface area (Å²) in [6.07, 6.45) is 1.16. The van der Waals surface area contributed by atoms with Crippen LogP contribution in [0.15, 0.2) is 12.1 Å². The predicted molar refractivity (Wildman–Crippen MR) is 54.5 cm³/mol. The standard InChI is InChI=1S/C11H13N3/c1-11(2)5-8(11)9-4-3-7(6-12)10(13)14-9/h3-4,8H,5H2,1-2H3,(H2,13,14). The lowest BCUT2D eigenvalue weighted by molar-refractivity contribution is 0.616. The number of hydrogen-bond acceptors (Lipinski definition) is 3. The van der Waals surface area contributed by atoms with Crippen LogP contribution in [0.3, 0.4) is 0 Å². The number of anilines is 1. The first-order valence-corrected chi connectivity index (χ1v) is 4.71. The van der Waals surface area contributed by atoms with E-state index in [1.807, 2.05) is 12.1 Å². The Kier molecular flexibility index (Phi) is 1.75. The van der Waals surface area contributed by atoms with E-state index in [0.717, 1.165) is 12.1 Å². The summed E-state index contributed by atoms with van der Waals surface area (Å²) in [7, 11) is 0. The number of nitrogen functional groups attached to an aromatic ring is 1. The molecule has 1 heterocycles. The second kappa shape index (κ2) is 2.71. The summed E-state index contributed by atoms with van der Waals surface area (Å²) in [6, 6.07) is 5.68. The lowest BCUT2D eigenvalue weighted by Crippen LogP contribution is -1.99. The van der Waals surface area contributed by atoms with Crippen molar-refractivity contribution in [1.29, 1.82) is 5.26 Å². The fraction of sp³-hybridized carbons (Fsp3) is 0.455. The molecule has 0 amide bonds. The molecule has 1 fully saturated rings. The quantitative estimate of drug-likeness (QED) is 0.731. The van der Waals surface area contributed by atoms with Gasteiger partial charge >= 0.3 is 0 Å². The van der Waals surface area contributed by atoms with Gasteiger partial charge in [-0.25, -0.2) is 4.98 Å². The maximum absolute atomic E-state index is 8.70. The van der Waals surface area contributed by atoms with Gasteiger partial charge in [-0.3, -0.25) is 0 Å². The van der Waals surface area contributed by atoms with Crippen LogP contribution in [0.1, 0.15) is 37.4 Å². The highest BCUT2D eigenvalue weighted by Crippen LogP contribution is 2.58. The van der Waals surface area contributed by atoms with Gasteiger partial charge in [-0.15, -0.1) is 0 Å². The first-order chi connectivity index (χ1) is 6.54. The fourth-order valence-corrected chi connectivity index (χ4v) is 1.75. The molecule has 3 heteroatoms. The van der Waals surface area contributed by atoms with Crippen molar-refractivity contribution in [2.75, 3.05) is 5.73 Å². The SMILES string of the molecule is CC1(C)CC1c1ccc(C#N)c(N)n1. The van der Waals surface area contributed by atoms with E-state index in [9.17, 15) is 0 Å². The zero-order chi connectivity index (χ0) is 10.3. The molecule has 1 saturated carbocycles. The van der Waals surface area contributed by atoms with Crippen LogP contribution < -0.4 is 5.73 Å². The van der Waals surface area contributed by atoms with Gasteiger partial charge in [-0.05, 0) is 24.0 Å². The molecule has 1 aliphatic rings. The average molecular weight is 187 g/mol. The van der Waals surface area contributed by atoms with Crippen molar-refractivity contribution in [3.63, 3.8) is 0 Å². The molecule has 0 radical (unpaired) electrons. The van der Waals surface area contributed by atoms with Gasteiger partial charge in [-0.1, -0.05) is 13.8 Å². The zero-order valence-electron chi connectivity index (χ0n) is 8.41. The van der Waals surface area contributed by atoms with E-state index in [2.05, 4.69) is 18.8 Å². The summed E-state index contributed by atoms with van der Waals surface area (Å²) in [4.78, 5) is 4.26. The monoisotopic (exact) mass is 187 g/mol. The summed E-state index contributed by atoms with van der Waals surface area (Å²) in [6.45, 7) is 4.43. The Morgan fingerprint density at radius 3 is 2.64 bits per heavy atom. The fourth-order valence-electron chi connectivity index (χ4n) is 1.75. The van der Waals surface area contributed by atoms with Crippen LogP contribution in [0.2, 0.25) is 0 Å². The summed E-state index contributed by atoms with van der Waals surface area (Å²) in [5.41, 5.74) is 7.49. The van der Waals surface area contributed by atoms with E-state index >= 15 is 0 Å². The molecule has 1 aromatic heterocycles. The van der Waals surface area contributed by atoms with Gasteiger partial charge in [0.1, 0.15) is 11.9 Å². The van der Waals surface area contributed by atoms with Crippen LogP contribution >= 0.6 is 0 Å². The van der Waals surface area contributed by atoms with Crippen molar-refractivity contribution in [1.82, 2.24) is 4.98 Å². The maximum Gasteiger partial charge on any atom is 0.141 e. The van der Waals surface area contributed by atoms with Crippen LogP contribution in [-0.4, -0.2) is 4.98 Å². The summed E-state index contributed by atoms with van der Waals surface area (Å²) in [5.74, 6) is 0.866. The van der Waals surface area contributed by atoms with Crippen molar-refractivity contribution >= 4 is 5.82 Å². The second-order valence-electron chi connectivity index (χ2n) is 4.53. The Bertz CT molecular complexity index is 415. The molecule has 3 nitrogen and oxygen atoms in total. The van der Waals surface area contributed by atoms with Crippen molar-refractivity contribution in [3.8, 4) is 6.07 Å². The largest absolute Gasteiger partial charge is 0.383 e. The van der Waals surface area contributed by atoms with Gasteiger partial charge < -0.3 is 5.73 Å². The number of nitrogens with two attached hydrogens (primary N) is 1. The third-order valence-electron chi connectivity index (χ3n) is 2.94. The predicted octanol–water partition coefficient (Wildman–Crippen LogP) is 2.05. The highest BCUT2D eigenvalue weighted by atomic mass is 14.9. The molecule has 72 valence electrons. The van der Waals surface area contributed by atoms with E-state index < -0.39 is 0 Å². The van der Waals surface area contributed by atoms with Crippen molar-refractivity contribution in [2.24, 2.45) is 5.41 Å². The van der Waals surface area contributed by atoms with E-state index in [1.165, 1.54) is 0 Å². The van der Waals surface area contributed by atoms with Crippen LogP contribution in [0.25, 0.3) is 0 Å². The lowest BCUT2D eigenvalue weighted by atomic mass is 10.1. The molecule has 1 unspecified atom stereocenters. The number of rotatable bonds is 1. The molecule has 14 heavy (non-hydrogen) atoms. The Morgan fingerprint density at radius 1 is 1.57 bits per heavy atom. The number of nitrogens with zero attached hydrogens (tertiary/aromatic N) is 2. The first kappa shape index (κ1) is 9.01. The third kappa shape index (κ3) is 1.33.